The third-order valence-electron chi connectivity index (χ3n) is 6.94. The van der Waals surface area contributed by atoms with Crippen LogP contribution in [0.1, 0.15) is 31.1 Å². The van der Waals surface area contributed by atoms with E-state index in [-0.39, 0.29) is 39.3 Å². The molecule has 2 aliphatic rings. The van der Waals surface area contributed by atoms with Crippen molar-refractivity contribution >= 4 is 55.0 Å². The van der Waals surface area contributed by atoms with E-state index in [1.807, 2.05) is 29.2 Å². The average molecular weight is 510 g/mol. The summed E-state index contributed by atoms with van der Waals surface area (Å²) in [5, 5.41) is 12.9. The molecule has 3 heterocycles. The van der Waals surface area contributed by atoms with Crippen molar-refractivity contribution in [3.63, 3.8) is 0 Å². The Morgan fingerprint density at radius 2 is 1.83 bits per heavy atom. The van der Waals surface area contributed by atoms with Gasteiger partial charge >= 0.3 is 12.1 Å². The largest absolute Gasteiger partial charge is 0.477 e. The van der Waals surface area contributed by atoms with E-state index in [4.69, 9.17) is 4.74 Å². The number of aromatic nitrogens is 1. The van der Waals surface area contributed by atoms with Gasteiger partial charge in [-0.2, -0.15) is 0 Å². The number of alkyl carbamates (subject to hydrolysis) is 1. The fourth-order valence-corrected chi connectivity index (χ4v) is 6.54. The molecule has 1 aliphatic heterocycles. The topological polar surface area (TPSA) is 100 Å². The zero-order valence-corrected chi connectivity index (χ0v) is 20.7. The summed E-state index contributed by atoms with van der Waals surface area (Å²) in [6, 6.07) is 10.1. The van der Waals surface area contributed by atoms with E-state index in [1.165, 1.54) is 23.5 Å². The van der Waals surface area contributed by atoms with Crippen LogP contribution in [0.25, 0.3) is 25.9 Å². The van der Waals surface area contributed by atoms with Gasteiger partial charge in [0.1, 0.15) is 21.8 Å². The van der Waals surface area contributed by atoms with E-state index in [0.717, 1.165) is 10.2 Å². The summed E-state index contributed by atoms with van der Waals surface area (Å²) in [5.41, 5.74) is -0.204. The van der Waals surface area contributed by atoms with Crippen molar-refractivity contribution in [1.82, 2.24) is 9.72 Å². The fourth-order valence-electron chi connectivity index (χ4n) is 5.35. The van der Waals surface area contributed by atoms with Crippen LogP contribution in [0.5, 0.6) is 0 Å². The van der Waals surface area contributed by atoms with Gasteiger partial charge < -0.3 is 20.1 Å². The maximum Gasteiger partial charge on any atom is 0.407 e. The second-order valence-corrected chi connectivity index (χ2v) is 11.5. The molecule has 4 aromatic rings. The number of amides is 1. The van der Waals surface area contributed by atoms with Crippen LogP contribution in [0.4, 0.5) is 14.9 Å². The molecule has 1 saturated carbocycles. The summed E-state index contributed by atoms with van der Waals surface area (Å²) < 4.78 is 23.3. The lowest BCUT2D eigenvalue weighted by Crippen LogP contribution is -2.38. The Bertz CT molecular complexity index is 1640. The van der Waals surface area contributed by atoms with Crippen LogP contribution in [0.15, 0.2) is 41.2 Å². The summed E-state index contributed by atoms with van der Waals surface area (Å²) in [6.07, 6.45) is -0.466. The molecule has 1 saturated heterocycles. The summed E-state index contributed by atoms with van der Waals surface area (Å²) in [6.45, 7) is 6.44. The number of hydrogen-bond acceptors (Lipinski definition) is 6. The Balaban J connectivity index is 1.37. The first-order valence-electron chi connectivity index (χ1n) is 11.7. The Morgan fingerprint density at radius 3 is 2.50 bits per heavy atom. The number of hydrogen-bond donors (Lipinski definition) is 2. The van der Waals surface area contributed by atoms with Gasteiger partial charge in [0.25, 0.3) is 0 Å². The molecule has 2 aromatic carbocycles. The first kappa shape index (κ1) is 22.8. The molecule has 36 heavy (non-hydrogen) atoms. The number of carboxylic acids is 1. The minimum atomic E-state index is -1.31. The van der Waals surface area contributed by atoms with Crippen molar-refractivity contribution in [2.45, 2.75) is 32.4 Å². The number of fused-ring (bicyclic) bond motifs is 6. The second kappa shape index (κ2) is 7.67. The average Bonchev–Trinajstić information content (AvgIpc) is 3.12. The highest BCUT2D eigenvalue weighted by Gasteiger charge is 2.57. The molecular weight excluding hydrogens is 485 g/mol. The van der Waals surface area contributed by atoms with Crippen molar-refractivity contribution in [2.24, 2.45) is 11.8 Å². The van der Waals surface area contributed by atoms with Crippen LogP contribution >= 0.6 is 11.3 Å². The molecule has 1 amide bonds. The molecule has 1 aliphatic carbocycles. The van der Waals surface area contributed by atoms with Crippen LogP contribution in [0.2, 0.25) is 0 Å². The number of ether oxygens (including phenoxy) is 1. The molecule has 2 fully saturated rings. The second-order valence-electron chi connectivity index (χ2n) is 10.4. The number of halogens is 1. The van der Waals surface area contributed by atoms with Crippen molar-refractivity contribution in [1.29, 1.82) is 0 Å². The lowest BCUT2D eigenvalue weighted by atomic mass is 10.1. The lowest BCUT2D eigenvalue weighted by Gasteiger charge is -2.24. The van der Waals surface area contributed by atoms with Gasteiger partial charge in [-0.1, -0.05) is 12.1 Å². The predicted octanol–water partition coefficient (Wildman–Crippen LogP) is 4.46. The van der Waals surface area contributed by atoms with E-state index in [0.29, 0.717) is 18.6 Å². The number of carboxylic acid groups (broad SMARTS) is 1. The summed E-state index contributed by atoms with van der Waals surface area (Å²) >= 11 is 1.20. The number of pyridine rings is 1. The van der Waals surface area contributed by atoms with Crippen LogP contribution in [0.3, 0.4) is 0 Å². The van der Waals surface area contributed by atoms with Gasteiger partial charge in [-0.25, -0.2) is 14.0 Å². The molecule has 0 bridgehead atoms. The summed E-state index contributed by atoms with van der Waals surface area (Å²) in [5.74, 6) is -1.47. The Labute approximate surface area is 208 Å². The highest BCUT2D eigenvalue weighted by Crippen LogP contribution is 2.47. The van der Waals surface area contributed by atoms with E-state index in [2.05, 4.69) is 5.32 Å². The van der Waals surface area contributed by atoms with Crippen LogP contribution < -0.4 is 15.6 Å². The Hall–Kier alpha value is -3.66. The molecule has 2 aromatic heterocycles. The molecule has 2 unspecified atom stereocenters. The van der Waals surface area contributed by atoms with Gasteiger partial charge in [-0.05, 0) is 39.0 Å². The van der Waals surface area contributed by atoms with Crippen molar-refractivity contribution in [2.75, 3.05) is 18.0 Å². The van der Waals surface area contributed by atoms with Gasteiger partial charge in [-0.3, -0.25) is 9.20 Å². The van der Waals surface area contributed by atoms with E-state index in [9.17, 15) is 19.5 Å². The molecule has 6 rings (SSSR count). The van der Waals surface area contributed by atoms with Gasteiger partial charge in [0.2, 0.25) is 5.43 Å². The van der Waals surface area contributed by atoms with Gasteiger partial charge in [0.15, 0.2) is 0 Å². The van der Waals surface area contributed by atoms with Crippen molar-refractivity contribution in [3.8, 4) is 0 Å². The SMILES string of the molecule is CC(C)(C)OC(=O)NC1C2CN(c3cc4c(=O)c(C(=O)O)c5sc6ccccc6n5c4cc3F)CC21. The van der Waals surface area contributed by atoms with E-state index < -0.39 is 28.9 Å². The number of benzene rings is 2. The number of carbonyl (C=O) groups excluding carboxylic acids is 1. The number of carbonyl (C=O) groups is 2. The van der Waals surface area contributed by atoms with Crippen molar-refractivity contribution in [3.05, 3.63) is 58.0 Å². The van der Waals surface area contributed by atoms with Gasteiger partial charge in [0, 0.05) is 42.4 Å². The zero-order chi connectivity index (χ0) is 25.5. The minimum absolute atomic E-state index is 0.0272. The zero-order valence-electron chi connectivity index (χ0n) is 19.9. The third-order valence-corrected chi connectivity index (χ3v) is 8.08. The number of anilines is 1. The molecule has 8 nitrogen and oxygen atoms in total. The first-order chi connectivity index (χ1) is 17.0. The number of rotatable bonds is 3. The molecule has 0 radical (unpaired) electrons. The molecular formula is C26H24FN3O5S. The maximum absolute atomic E-state index is 15.5. The van der Waals surface area contributed by atoms with Crippen LogP contribution in [-0.4, -0.2) is 46.3 Å². The third kappa shape index (κ3) is 3.50. The maximum atomic E-state index is 15.5. The van der Waals surface area contributed by atoms with E-state index in [1.54, 1.807) is 25.2 Å². The lowest BCUT2D eigenvalue weighted by molar-refractivity contribution is 0.0517. The highest BCUT2D eigenvalue weighted by molar-refractivity contribution is 7.24. The number of piperidine rings is 1. The first-order valence-corrected chi connectivity index (χ1v) is 12.5. The Kier molecular flexibility index (Phi) is 4.85. The summed E-state index contributed by atoms with van der Waals surface area (Å²) in [7, 11) is 0. The Morgan fingerprint density at radius 1 is 1.14 bits per heavy atom. The number of nitrogens with zero attached hydrogens (tertiary/aromatic N) is 2. The molecule has 186 valence electrons. The quantitative estimate of drug-likeness (QED) is 0.423. The molecule has 10 heteroatoms. The summed E-state index contributed by atoms with van der Waals surface area (Å²) in [4.78, 5) is 39.6. The van der Waals surface area contributed by atoms with E-state index >= 15 is 4.39 Å². The minimum Gasteiger partial charge on any atom is -0.477 e. The normalized spacial score (nSPS) is 21.2. The predicted molar refractivity (Wildman–Crippen MR) is 136 cm³/mol. The molecule has 0 spiro atoms. The number of para-hydroxylation sites is 1. The van der Waals surface area contributed by atoms with Gasteiger partial charge in [-0.15, -0.1) is 11.3 Å². The number of aromatic carboxylic acids is 1. The van der Waals surface area contributed by atoms with Crippen molar-refractivity contribution < 1.29 is 23.8 Å². The molecule has 2 atom stereocenters. The number of thiazole rings is 1. The monoisotopic (exact) mass is 509 g/mol. The number of nitrogens with one attached hydrogen (secondary N) is 1. The van der Waals surface area contributed by atoms with Crippen LogP contribution in [-0.2, 0) is 4.74 Å². The van der Waals surface area contributed by atoms with Crippen LogP contribution in [0, 0.1) is 17.7 Å². The smallest absolute Gasteiger partial charge is 0.407 e. The molecule has 2 N–H and O–H groups in total. The standard InChI is InChI=1S/C26H24FN3O5S/c1-26(2,3)35-25(34)28-21-13-10-29(11-14(13)21)18-8-12-17(9-15(18)27)30-16-6-4-5-7-19(16)36-23(30)20(22(12)31)24(32)33/h4-9,13-14,21H,10-11H2,1-3H3,(H,28,34)(H,32,33). The highest BCUT2D eigenvalue weighted by atomic mass is 32.1. The van der Waals surface area contributed by atoms with Gasteiger partial charge in [0.05, 0.1) is 21.4 Å². The fraction of sp³-hybridized carbons (Fsp3) is 0.346.